The lowest BCUT2D eigenvalue weighted by Crippen LogP contribution is -2.54. The van der Waals surface area contributed by atoms with E-state index in [2.05, 4.69) is 15.3 Å². The minimum absolute atomic E-state index is 0.0423. The summed E-state index contributed by atoms with van der Waals surface area (Å²) in [7, 11) is 0. The fraction of sp³-hybridized carbons (Fsp3) is 0.750. The van der Waals surface area contributed by atoms with E-state index in [4.69, 9.17) is 0 Å². The van der Waals surface area contributed by atoms with Crippen LogP contribution in [0.25, 0.3) is 0 Å². The third kappa shape index (κ3) is 2.95. The third-order valence-corrected chi connectivity index (χ3v) is 5.37. The van der Waals surface area contributed by atoms with Crippen LogP contribution in [0.5, 0.6) is 0 Å². The number of likely N-dealkylation sites (tertiary alicyclic amines) is 1. The summed E-state index contributed by atoms with van der Waals surface area (Å²) in [6, 6.07) is 0.306. The van der Waals surface area contributed by atoms with Crippen molar-refractivity contribution in [1.29, 1.82) is 0 Å². The highest BCUT2D eigenvalue weighted by atomic mass is 16.3. The lowest BCUT2D eigenvalue weighted by atomic mass is 9.84. The number of aromatic nitrogens is 2. The van der Waals surface area contributed by atoms with E-state index in [1.807, 2.05) is 10.9 Å². The number of anilines is 1. The van der Waals surface area contributed by atoms with Gasteiger partial charge in [0.15, 0.2) is 0 Å². The van der Waals surface area contributed by atoms with Crippen molar-refractivity contribution >= 4 is 11.7 Å². The van der Waals surface area contributed by atoms with Crippen molar-refractivity contribution < 1.29 is 9.90 Å². The first-order valence-corrected chi connectivity index (χ1v) is 8.67. The normalized spacial score (nSPS) is 25.4. The average molecular weight is 319 g/mol. The fourth-order valence-corrected chi connectivity index (χ4v) is 4.01. The number of β-amino-alcohol motifs (C(OH)–C–C–N with tert-alkyl or cyclic N) is 1. The van der Waals surface area contributed by atoms with Gasteiger partial charge >= 0.3 is 6.03 Å². The molecule has 3 heterocycles. The van der Waals surface area contributed by atoms with Crippen LogP contribution in [-0.4, -0.2) is 64.1 Å². The minimum atomic E-state index is -0.480. The van der Waals surface area contributed by atoms with Gasteiger partial charge in [-0.15, -0.1) is 0 Å². The van der Waals surface area contributed by atoms with Gasteiger partial charge in [-0.2, -0.15) is 5.10 Å². The van der Waals surface area contributed by atoms with Gasteiger partial charge in [0.2, 0.25) is 0 Å². The van der Waals surface area contributed by atoms with Crippen molar-refractivity contribution in [2.24, 2.45) is 0 Å². The van der Waals surface area contributed by atoms with E-state index in [0.717, 1.165) is 51.0 Å². The molecule has 7 nitrogen and oxygen atoms in total. The second-order valence-corrected chi connectivity index (χ2v) is 7.20. The molecule has 1 aromatic rings. The van der Waals surface area contributed by atoms with E-state index in [1.54, 1.807) is 11.1 Å². The van der Waals surface area contributed by atoms with Crippen molar-refractivity contribution in [2.75, 3.05) is 37.6 Å². The zero-order chi connectivity index (χ0) is 15.9. The molecule has 0 radical (unpaired) electrons. The topological polar surface area (TPSA) is 73.6 Å². The SMILES string of the molecule is O=C1NCCN1c1cnn(C2CN(CC3(O)CCCCC3)C2)c1. The number of nitrogens with one attached hydrogen (secondary N) is 1. The lowest BCUT2D eigenvalue weighted by Gasteiger charge is -2.44. The number of urea groups is 1. The maximum atomic E-state index is 11.7. The van der Waals surface area contributed by atoms with Crippen molar-refractivity contribution in [1.82, 2.24) is 20.0 Å². The summed E-state index contributed by atoms with van der Waals surface area (Å²) in [6.45, 7) is 4.03. The lowest BCUT2D eigenvalue weighted by molar-refractivity contribution is -0.0521. The molecule has 7 heteroatoms. The van der Waals surface area contributed by atoms with E-state index in [-0.39, 0.29) is 6.03 Å². The fourth-order valence-electron chi connectivity index (χ4n) is 4.01. The Morgan fingerprint density at radius 3 is 2.78 bits per heavy atom. The molecule has 3 aliphatic rings. The van der Waals surface area contributed by atoms with Crippen LogP contribution in [0.4, 0.5) is 10.5 Å². The van der Waals surface area contributed by atoms with Gasteiger partial charge in [-0.1, -0.05) is 19.3 Å². The van der Waals surface area contributed by atoms with Crippen LogP contribution in [0.15, 0.2) is 12.4 Å². The van der Waals surface area contributed by atoms with E-state index >= 15 is 0 Å². The van der Waals surface area contributed by atoms with Crippen LogP contribution in [0.1, 0.15) is 38.1 Å². The first kappa shape index (κ1) is 15.0. The maximum absolute atomic E-state index is 11.7. The Kier molecular flexibility index (Phi) is 3.77. The summed E-state index contributed by atoms with van der Waals surface area (Å²) in [6.07, 6.45) is 9.15. The van der Waals surface area contributed by atoms with Gasteiger partial charge in [-0.3, -0.25) is 14.5 Å². The molecule has 23 heavy (non-hydrogen) atoms. The molecular weight excluding hydrogens is 294 g/mol. The zero-order valence-electron chi connectivity index (χ0n) is 13.4. The highest BCUT2D eigenvalue weighted by Crippen LogP contribution is 2.32. The van der Waals surface area contributed by atoms with Crippen molar-refractivity contribution in [3.63, 3.8) is 0 Å². The Balaban J connectivity index is 1.32. The molecule has 1 aliphatic carbocycles. The van der Waals surface area contributed by atoms with Crippen LogP contribution in [0, 0.1) is 0 Å². The average Bonchev–Trinajstić information content (AvgIpc) is 3.12. The zero-order valence-corrected chi connectivity index (χ0v) is 13.4. The van der Waals surface area contributed by atoms with Gasteiger partial charge in [-0.25, -0.2) is 4.79 Å². The van der Waals surface area contributed by atoms with Crippen molar-refractivity contribution in [3.8, 4) is 0 Å². The number of carbonyl (C=O) groups is 1. The van der Waals surface area contributed by atoms with E-state index < -0.39 is 5.60 Å². The quantitative estimate of drug-likeness (QED) is 0.867. The largest absolute Gasteiger partial charge is 0.389 e. The molecule has 0 bridgehead atoms. The predicted octanol–water partition coefficient (Wildman–Crippen LogP) is 0.965. The van der Waals surface area contributed by atoms with Crippen LogP contribution in [-0.2, 0) is 0 Å². The highest BCUT2D eigenvalue weighted by Gasteiger charge is 2.37. The predicted molar refractivity (Wildman–Crippen MR) is 86.5 cm³/mol. The van der Waals surface area contributed by atoms with Crippen LogP contribution >= 0.6 is 0 Å². The van der Waals surface area contributed by atoms with Gasteiger partial charge in [-0.05, 0) is 12.8 Å². The molecule has 126 valence electrons. The van der Waals surface area contributed by atoms with Gasteiger partial charge in [0.25, 0.3) is 0 Å². The summed E-state index contributed by atoms with van der Waals surface area (Å²) >= 11 is 0. The van der Waals surface area contributed by atoms with E-state index in [9.17, 15) is 9.90 Å². The Labute approximate surface area is 136 Å². The molecule has 2 aliphatic heterocycles. The molecule has 1 aromatic heterocycles. The monoisotopic (exact) mass is 319 g/mol. The first-order chi connectivity index (χ1) is 11.1. The summed E-state index contributed by atoms with van der Waals surface area (Å²) < 4.78 is 1.96. The molecular formula is C16H25N5O2. The number of rotatable bonds is 4. The number of hydrogen-bond donors (Lipinski definition) is 2. The molecule has 0 aromatic carbocycles. The summed E-state index contributed by atoms with van der Waals surface area (Å²) in [5.74, 6) is 0. The summed E-state index contributed by atoms with van der Waals surface area (Å²) in [5, 5.41) is 17.9. The second kappa shape index (κ2) is 5.79. The minimum Gasteiger partial charge on any atom is -0.389 e. The second-order valence-electron chi connectivity index (χ2n) is 7.20. The molecule has 0 spiro atoms. The number of hydrogen-bond acceptors (Lipinski definition) is 4. The van der Waals surface area contributed by atoms with E-state index in [0.29, 0.717) is 19.1 Å². The Hall–Kier alpha value is -1.60. The van der Waals surface area contributed by atoms with Crippen LogP contribution < -0.4 is 10.2 Å². The van der Waals surface area contributed by atoms with Crippen molar-refractivity contribution in [2.45, 2.75) is 43.7 Å². The van der Waals surface area contributed by atoms with Gasteiger partial charge in [0.05, 0.1) is 23.5 Å². The van der Waals surface area contributed by atoms with Crippen LogP contribution in [0.2, 0.25) is 0 Å². The molecule has 3 fully saturated rings. The smallest absolute Gasteiger partial charge is 0.322 e. The summed E-state index contributed by atoms with van der Waals surface area (Å²) in [5.41, 5.74) is 0.385. The Morgan fingerprint density at radius 1 is 1.30 bits per heavy atom. The van der Waals surface area contributed by atoms with Gasteiger partial charge in [0, 0.05) is 38.9 Å². The number of carbonyl (C=O) groups excluding carboxylic acids is 1. The highest BCUT2D eigenvalue weighted by molar-refractivity contribution is 5.93. The standard InChI is InChI=1S/C16H25N5O2/c22-15-17-6-7-20(15)13-8-18-21(11-13)14-9-19(10-14)12-16(23)4-2-1-3-5-16/h8,11,14,23H,1-7,9-10,12H2,(H,17,22). The molecule has 2 amide bonds. The van der Waals surface area contributed by atoms with Gasteiger partial charge < -0.3 is 10.4 Å². The number of aliphatic hydroxyl groups is 1. The molecule has 0 atom stereocenters. The summed E-state index contributed by atoms with van der Waals surface area (Å²) in [4.78, 5) is 15.7. The third-order valence-electron chi connectivity index (χ3n) is 5.37. The Bertz CT molecular complexity index is 575. The first-order valence-electron chi connectivity index (χ1n) is 8.67. The van der Waals surface area contributed by atoms with E-state index in [1.165, 1.54) is 6.42 Å². The molecule has 2 saturated heterocycles. The van der Waals surface area contributed by atoms with Crippen molar-refractivity contribution in [3.05, 3.63) is 12.4 Å². The van der Waals surface area contributed by atoms with Crippen LogP contribution in [0.3, 0.4) is 0 Å². The number of amides is 2. The Morgan fingerprint density at radius 2 is 2.09 bits per heavy atom. The number of nitrogens with zero attached hydrogens (tertiary/aromatic N) is 4. The molecule has 4 rings (SSSR count). The molecule has 0 unspecified atom stereocenters. The molecule has 1 saturated carbocycles. The maximum Gasteiger partial charge on any atom is 0.322 e. The van der Waals surface area contributed by atoms with Gasteiger partial charge in [0.1, 0.15) is 0 Å². The molecule has 2 N–H and O–H groups in total.